The van der Waals surface area contributed by atoms with Gasteiger partial charge in [0.2, 0.25) is 0 Å². The molecule has 1 aromatic heterocycles. The Morgan fingerprint density at radius 3 is 2.34 bits per heavy atom. The van der Waals surface area contributed by atoms with Gasteiger partial charge < -0.3 is 14.9 Å². The number of aromatic hydroxyl groups is 1. The van der Waals surface area contributed by atoms with Gasteiger partial charge in [-0.05, 0) is 41.8 Å². The highest BCUT2D eigenvalue weighted by Gasteiger charge is 2.35. The molecule has 0 saturated heterocycles. The molecule has 3 aromatic rings. The summed E-state index contributed by atoms with van der Waals surface area (Å²) < 4.78 is 28.0. The molecule has 1 aliphatic rings. The quantitative estimate of drug-likeness (QED) is 0.580. The number of hydrogen-bond donors (Lipinski definition) is 1. The Hall–Kier alpha value is -3.72. The molecule has 0 atom stereocenters. The third kappa shape index (κ3) is 4.64. The van der Waals surface area contributed by atoms with Gasteiger partial charge in [-0.2, -0.15) is 0 Å². The molecule has 0 aliphatic carbocycles. The molecule has 1 N–H and O–H groups in total. The molecular formula is C25H22ClF2N3O4. The summed E-state index contributed by atoms with van der Waals surface area (Å²) in [7, 11) is 3.03. The van der Waals surface area contributed by atoms with Crippen molar-refractivity contribution >= 4 is 23.4 Å². The molecule has 2 aromatic carbocycles. The largest absolute Gasteiger partial charge is 0.502 e. The van der Waals surface area contributed by atoms with Crippen molar-refractivity contribution in [1.29, 1.82) is 0 Å². The lowest BCUT2D eigenvalue weighted by molar-refractivity contribution is 0.0720. The third-order valence-corrected chi connectivity index (χ3v) is 6.18. The van der Waals surface area contributed by atoms with Gasteiger partial charge in [-0.25, -0.2) is 8.78 Å². The van der Waals surface area contributed by atoms with Gasteiger partial charge in [-0.1, -0.05) is 29.8 Å². The fourth-order valence-corrected chi connectivity index (χ4v) is 4.33. The van der Waals surface area contributed by atoms with E-state index >= 15 is 0 Å². The Labute approximate surface area is 204 Å². The van der Waals surface area contributed by atoms with Crippen molar-refractivity contribution in [2.75, 3.05) is 20.6 Å². The van der Waals surface area contributed by atoms with Gasteiger partial charge in [-0.15, -0.1) is 0 Å². The van der Waals surface area contributed by atoms with E-state index in [9.17, 15) is 28.3 Å². The number of amides is 2. The third-order valence-electron chi connectivity index (χ3n) is 5.90. The second kappa shape index (κ2) is 9.50. The van der Waals surface area contributed by atoms with Crippen molar-refractivity contribution in [3.63, 3.8) is 0 Å². The second-order valence-electron chi connectivity index (χ2n) is 8.49. The summed E-state index contributed by atoms with van der Waals surface area (Å²) in [5.41, 5.74) is 0.240. The molecule has 0 unspecified atom stereocenters. The standard InChI is InChI=1S/C25H22ClF2N3O4/c1-29(2)24(34)21-17-9-10-30(12-15-5-8-19(28)18(26)11-15)23(33)20(17)22(32)25(35)31(21)13-14-3-6-16(27)7-4-14/h3-8,11,32H,9-10,12-13H2,1-2H3. The van der Waals surface area contributed by atoms with Crippen LogP contribution in [0.3, 0.4) is 0 Å². The van der Waals surface area contributed by atoms with Gasteiger partial charge in [-0.3, -0.25) is 19.0 Å². The Bertz CT molecular complexity index is 1390. The van der Waals surface area contributed by atoms with Crippen LogP contribution in [0.25, 0.3) is 0 Å². The van der Waals surface area contributed by atoms with Crippen molar-refractivity contribution in [1.82, 2.24) is 14.4 Å². The lowest BCUT2D eigenvalue weighted by atomic mass is 9.95. The number of nitrogens with zero attached hydrogens (tertiary/aromatic N) is 3. The van der Waals surface area contributed by atoms with Crippen LogP contribution in [0, 0.1) is 11.6 Å². The molecule has 0 radical (unpaired) electrons. The van der Waals surface area contributed by atoms with Crippen LogP contribution >= 0.6 is 11.6 Å². The van der Waals surface area contributed by atoms with Crippen LogP contribution in [0.4, 0.5) is 8.78 Å². The number of halogens is 3. The first-order valence-corrected chi connectivity index (χ1v) is 11.1. The fourth-order valence-electron chi connectivity index (χ4n) is 4.13. The maximum atomic E-state index is 13.5. The summed E-state index contributed by atoms with van der Waals surface area (Å²) in [6.45, 7) is 0.177. The van der Waals surface area contributed by atoms with Crippen LogP contribution in [0.15, 0.2) is 47.3 Å². The zero-order valence-corrected chi connectivity index (χ0v) is 19.8. The fraction of sp³-hybridized carbons (Fsp3) is 0.240. The van der Waals surface area contributed by atoms with Crippen LogP contribution in [0.1, 0.15) is 37.5 Å². The highest BCUT2D eigenvalue weighted by atomic mass is 35.5. The first-order valence-electron chi connectivity index (χ1n) is 10.8. The number of pyridine rings is 1. The summed E-state index contributed by atoms with van der Waals surface area (Å²) in [5, 5.41) is 10.7. The molecule has 1 aliphatic heterocycles. The number of rotatable bonds is 5. The summed E-state index contributed by atoms with van der Waals surface area (Å²) in [6.07, 6.45) is 0.197. The van der Waals surface area contributed by atoms with Crippen molar-refractivity contribution in [3.8, 4) is 5.75 Å². The van der Waals surface area contributed by atoms with E-state index in [1.54, 1.807) is 0 Å². The second-order valence-corrected chi connectivity index (χ2v) is 8.90. The Kier molecular flexibility index (Phi) is 6.62. The van der Waals surface area contributed by atoms with E-state index < -0.39 is 34.8 Å². The smallest absolute Gasteiger partial charge is 0.294 e. The van der Waals surface area contributed by atoms with E-state index in [-0.39, 0.29) is 47.9 Å². The monoisotopic (exact) mass is 501 g/mol. The SMILES string of the molecule is CN(C)C(=O)c1c2c(c(O)c(=O)n1Cc1ccc(F)cc1)C(=O)N(Cc1ccc(F)c(Cl)c1)CC2. The number of aromatic nitrogens is 1. The lowest BCUT2D eigenvalue weighted by Crippen LogP contribution is -2.42. The minimum Gasteiger partial charge on any atom is -0.502 e. The molecule has 0 bridgehead atoms. The van der Waals surface area contributed by atoms with Crippen LogP contribution in [-0.2, 0) is 19.5 Å². The molecule has 0 saturated carbocycles. The highest BCUT2D eigenvalue weighted by molar-refractivity contribution is 6.30. The van der Waals surface area contributed by atoms with Crippen LogP contribution in [0.2, 0.25) is 5.02 Å². The van der Waals surface area contributed by atoms with Gasteiger partial charge in [0.05, 0.1) is 17.1 Å². The number of carbonyl (C=O) groups is 2. The van der Waals surface area contributed by atoms with E-state index in [1.165, 1.54) is 66.4 Å². The summed E-state index contributed by atoms with van der Waals surface area (Å²) >= 11 is 5.85. The minimum absolute atomic E-state index is 0.00467. The molecule has 35 heavy (non-hydrogen) atoms. The number of benzene rings is 2. The zero-order chi connectivity index (χ0) is 25.4. The van der Waals surface area contributed by atoms with Gasteiger partial charge in [0.1, 0.15) is 17.3 Å². The first-order chi connectivity index (χ1) is 16.6. The average molecular weight is 502 g/mol. The normalized spacial score (nSPS) is 13.1. The molecule has 2 amide bonds. The predicted molar refractivity (Wildman–Crippen MR) is 126 cm³/mol. The lowest BCUT2D eigenvalue weighted by Gasteiger charge is -2.31. The van der Waals surface area contributed by atoms with Gasteiger partial charge in [0.25, 0.3) is 17.4 Å². The van der Waals surface area contributed by atoms with Crippen molar-refractivity contribution in [2.24, 2.45) is 0 Å². The molecule has 7 nitrogen and oxygen atoms in total. The Morgan fingerprint density at radius 1 is 1.06 bits per heavy atom. The molecule has 0 spiro atoms. The van der Waals surface area contributed by atoms with Crippen molar-refractivity contribution < 1.29 is 23.5 Å². The summed E-state index contributed by atoms with van der Waals surface area (Å²) in [4.78, 5) is 42.4. The Morgan fingerprint density at radius 2 is 1.71 bits per heavy atom. The van der Waals surface area contributed by atoms with Crippen molar-refractivity contribution in [3.05, 3.63) is 97.4 Å². The maximum absolute atomic E-state index is 13.5. The predicted octanol–water partition coefficient (Wildman–Crippen LogP) is 3.43. The van der Waals surface area contributed by atoms with Crippen LogP contribution in [0.5, 0.6) is 5.75 Å². The van der Waals surface area contributed by atoms with E-state index in [1.807, 2.05) is 0 Å². The number of fused-ring (bicyclic) bond motifs is 1. The van der Waals surface area contributed by atoms with Crippen LogP contribution < -0.4 is 5.56 Å². The molecule has 0 fully saturated rings. The van der Waals surface area contributed by atoms with E-state index in [2.05, 4.69) is 0 Å². The van der Waals surface area contributed by atoms with Gasteiger partial charge in [0, 0.05) is 32.7 Å². The molecular weight excluding hydrogens is 480 g/mol. The zero-order valence-electron chi connectivity index (χ0n) is 19.0. The molecule has 10 heteroatoms. The van der Waals surface area contributed by atoms with Crippen molar-refractivity contribution in [2.45, 2.75) is 19.5 Å². The molecule has 4 rings (SSSR count). The Balaban J connectivity index is 1.80. The highest BCUT2D eigenvalue weighted by Crippen LogP contribution is 2.30. The van der Waals surface area contributed by atoms with Gasteiger partial charge >= 0.3 is 0 Å². The topological polar surface area (TPSA) is 82.9 Å². The summed E-state index contributed by atoms with van der Waals surface area (Å²) in [5.74, 6) is -2.93. The minimum atomic E-state index is -0.904. The molecule has 2 heterocycles. The number of carbonyl (C=O) groups excluding carboxylic acids is 2. The van der Waals surface area contributed by atoms with Crippen LogP contribution in [-0.4, -0.2) is 51.9 Å². The van der Waals surface area contributed by atoms with Gasteiger partial charge in [0.15, 0.2) is 5.75 Å². The number of hydrogen-bond acceptors (Lipinski definition) is 4. The first kappa shape index (κ1) is 24.4. The van der Waals surface area contributed by atoms with E-state index in [0.29, 0.717) is 11.1 Å². The maximum Gasteiger partial charge on any atom is 0.294 e. The average Bonchev–Trinajstić information content (AvgIpc) is 2.82. The molecule has 182 valence electrons. The van der Waals surface area contributed by atoms with E-state index in [0.717, 1.165) is 4.57 Å². The van der Waals surface area contributed by atoms with E-state index in [4.69, 9.17) is 11.6 Å². The summed E-state index contributed by atoms with van der Waals surface area (Å²) in [6, 6.07) is 9.50.